The lowest BCUT2D eigenvalue weighted by atomic mass is 10.7. The zero-order valence-electron chi connectivity index (χ0n) is 4.19. The van der Waals surface area contributed by atoms with Gasteiger partial charge in [0.25, 0.3) is 0 Å². The van der Waals surface area contributed by atoms with E-state index in [1.54, 1.807) is 0 Å². The van der Waals surface area contributed by atoms with E-state index in [9.17, 15) is 0 Å². The Kier molecular flexibility index (Phi) is 1.52. The zero-order chi connectivity index (χ0) is 5.28. The average Bonchev–Trinajstić information content (AvgIpc) is 1.91. The third kappa shape index (κ3) is 1.06. The second kappa shape index (κ2) is 1.99. The van der Waals surface area contributed by atoms with Gasteiger partial charge in [-0.1, -0.05) is 11.6 Å². The molecule has 41 valence electrons. The van der Waals surface area contributed by atoms with Crippen LogP contribution in [0, 0.1) is 6.54 Å². The van der Waals surface area contributed by atoms with Crippen molar-refractivity contribution in [2.45, 2.75) is 5.62 Å². The Morgan fingerprint density at radius 2 is 2.71 bits per heavy atom. The Balaban J connectivity index is 2.33. The lowest BCUT2D eigenvalue weighted by Crippen LogP contribution is -2.25. The number of nitrogens with one attached hydrogen (secondary N) is 1. The topological polar surface area (TPSA) is 15.3 Å². The fourth-order valence-corrected chi connectivity index (χ4v) is 0.682. The molecule has 0 aromatic heterocycles. The molecule has 2 nitrogen and oxygen atoms in total. The van der Waals surface area contributed by atoms with Crippen molar-refractivity contribution >= 4 is 11.6 Å². The smallest absolute Gasteiger partial charge is 0.137 e. The molecule has 0 aromatic rings. The summed E-state index contributed by atoms with van der Waals surface area (Å²) in [6.45, 7) is 2.88. The molecule has 3 heteroatoms. The highest BCUT2D eigenvalue weighted by molar-refractivity contribution is 6.20. The number of nitrogens with zero attached hydrogens (tertiary/aromatic N) is 1. The van der Waals surface area contributed by atoms with Crippen molar-refractivity contribution in [2.75, 3.05) is 13.6 Å². The molecular formula is C4H8ClN2. The van der Waals surface area contributed by atoms with Gasteiger partial charge in [-0.2, -0.15) is 0 Å². The molecule has 0 spiro atoms. The maximum atomic E-state index is 5.65. The Hall–Kier alpha value is 0.210. The monoisotopic (exact) mass is 119 g/mol. The van der Waals surface area contributed by atoms with Gasteiger partial charge in [0.05, 0.1) is 0 Å². The molecule has 0 saturated carbocycles. The van der Waals surface area contributed by atoms with E-state index >= 15 is 0 Å². The molecule has 1 atom stereocenters. The number of hydrogen-bond donors (Lipinski definition) is 1. The first kappa shape index (κ1) is 5.35. The van der Waals surface area contributed by atoms with E-state index in [4.69, 9.17) is 11.6 Å². The number of hydrogen-bond acceptors (Lipinski definition) is 2. The third-order valence-electron chi connectivity index (χ3n) is 1.02. The number of alkyl halides is 1. The first-order valence-corrected chi connectivity index (χ1v) is 2.66. The number of likely N-dealkylation sites (N-methyl/N-ethyl adjacent to an activating group) is 1. The molecule has 1 aliphatic rings. The Labute approximate surface area is 48.4 Å². The van der Waals surface area contributed by atoms with Crippen molar-refractivity contribution in [1.29, 1.82) is 0 Å². The van der Waals surface area contributed by atoms with E-state index in [0.717, 1.165) is 6.54 Å². The van der Waals surface area contributed by atoms with Crippen molar-refractivity contribution in [1.82, 2.24) is 10.2 Å². The third-order valence-corrected chi connectivity index (χ3v) is 1.48. The van der Waals surface area contributed by atoms with Crippen LogP contribution in [0.5, 0.6) is 0 Å². The molecule has 0 amide bonds. The molecule has 1 radical (unpaired) electrons. The van der Waals surface area contributed by atoms with Crippen LogP contribution in [0.2, 0.25) is 0 Å². The van der Waals surface area contributed by atoms with Gasteiger partial charge in [-0.3, -0.25) is 10.2 Å². The summed E-state index contributed by atoms with van der Waals surface area (Å²) in [5, 5.41) is 2.94. The van der Waals surface area contributed by atoms with Crippen LogP contribution in [0.25, 0.3) is 0 Å². The van der Waals surface area contributed by atoms with E-state index in [1.807, 2.05) is 18.5 Å². The van der Waals surface area contributed by atoms with Gasteiger partial charge in [0.2, 0.25) is 0 Å². The summed E-state index contributed by atoms with van der Waals surface area (Å²) < 4.78 is 0. The fourth-order valence-electron chi connectivity index (χ4n) is 0.514. The van der Waals surface area contributed by atoms with Gasteiger partial charge in [-0.05, 0) is 7.05 Å². The second-order valence-corrected chi connectivity index (χ2v) is 2.06. The minimum atomic E-state index is 0.0139. The minimum absolute atomic E-state index is 0.0139. The zero-order valence-corrected chi connectivity index (χ0v) is 4.94. The Morgan fingerprint density at radius 3 is 2.86 bits per heavy atom. The molecule has 0 bridgehead atoms. The van der Waals surface area contributed by atoms with Crippen LogP contribution in [0.4, 0.5) is 0 Å². The Bertz CT molecular complexity index is 58.7. The van der Waals surface area contributed by atoms with Crippen LogP contribution in [0.3, 0.4) is 0 Å². The van der Waals surface area contributed by atoms with E-state index in [1.165, 1.54) is 0 Å². The van der Waals surface area contributed by atoms with Crippen LogP contribution >= 0.6 is 11.6 Å². The van der Waals surface area contributed by atoms with Gasteiger partial charge in [0, 0.05) is 13.1 Å². The maximum Gasteiger partial charge on any atom is 0.137 e. The second-order valence-electron chi connectivity index (χ2n) is 1.65. The maximum absolute atomic E-state index is 5.65. The molecule has 7 heavy (non-hydrogen) atoms. The summed E-state index contributed by atoms with van der Waals surface area (Å²) in [4.78, 5) is 2.00. The molecular weight excluding hydrogens is 112 g/mol. The quantitative estimate of drug-likeness (QED) is 0.362. The van der Waals surface area contributed by atoms with Crippen LogP contribution in [0.15, 0.2) is 0 Å². The van der Waals surface area contributed by atoms with Gasteiger partial charge in [-0.15, -0.1) is 0 Å². The average molecular weight is 120 g/mol. The van der Waals surface area contributed by atoms with Gasteiger partial charge < -0.3 is 0 Å². The molecule has 0 aliphatic carbocycles. The summed E-state index contributed by atoms with van der Waals surface area (Å²) in [5.41, 5.74) is 0.0139. The Morgan fingerprint density at radius 1 is 2.00 bits per heavy atom. The summed E-state index contributed by atoms with van der Waals surface area (Å²) in [7, 11) is 1.97. The molecule has 0 aromatic carbocycles. The van der Waals surface area contributed by atoms with Crippen molar-refractivity contribution < 1.29 is 0 Å². The van der Waals surface area contributed by atoms with E-state index < -0.39 is 0 Å². The van der Waals surface area contributed by atoms with Crippen molar-refractivity contribution in [3.63, 3.8) is 0 Å². The van der Waals surface area contributed by atoms with Crippen molar-refractivity contribution in [2.24, 2.45) is 0 Å². The molecule has 1 saturated heterocycles. The van der Waals surface area contributed by atoms with Gasteiger partial charge >= 0.3 is 0 Å². The molecule has 1 unspecified atom stereocenters. The molecule has 1 heterocycles. The highest BCUT2D eigenvalue weighted by atomic mass is 35.5. The van der Waals surface area contributed by atoms with Gasteiger partial charge in [0.1, 0.15) is 5.62 Å². The fraction of sp³-hybridized carbons (Fsp3) is 0.750. The summed E-state index contributed by atoms with van der Waals surface area (Å²) in [5.74, 6) is 0. The van der Waals surface area contributed by atoms with Crippen molar-refractivity contribution in [3.8, 4) is 0 Å². The lowest BCUT2D eigenvalue weighted by Gasteiger charge is -2.09. The highest BCUT2D eigenvalue weighted by Crippen LogP contribution is 2.04. The summed E-state index contributed by atoms with van der Waals surface area (Å²) >= 11 is 5.65. The van der Waals surface area contributed by atoms with Crippen molar-refractivity contribution in [3.05, 3.63) is 6.54 Å². The molecule has 1 N–H and O–H groups in total. The number of halogens is 1. The molecule has 1 fully saturated rings. The summed E-state index contributed by atoms with van der Waals surface area (Å²) in [6.07, 6.45) is 0. The minimum Gasteiger partial charge on any atom is -0.283 e. The van der Waals surface area contributed by atoms with Crippen LogP contribution in [0.1, 0.15) is 0 Å². The lowest BCUT2D eigenvalue weighted by molar-refractivity contribution is 0.377. The van der Waals surface area contributed by atoms with Gasteiger partial charge in [-0.25, -0.2) is 0 Å². The predicted octanol–water partition coefficient (Wildman–Crippen LogP) is 0.206. The van der Waals surface area contributed by atoms with E-state index in [2.05, 4.69) is 5.32 Å². The highest BCUT2D eigenvalue weighted by Gasteiger charge is 2.15. The summed E-state index contributed by atoms with van der Waals surface area (Å²) in [6, 6.07) is 0. The van der Waals surface area contributed by atoms with Crippen LogP contribution in [-0.2, 0) is 0 Å². The molecule has 1 rings (SSSR count). The normalized spacial score (nSPS) is 34.3. The van der Waals surface area contributed by atoms with Crippen LogP contribution in [-0.4, -0.2) is 24.1 Å². The largest absolute Gasteiger partial charge is 0.283 e. The van der Waals surface area contributed by atoms with Gasteiger partial charge in [0.15, 0.2) is 0 Å². The standard InChI is InChI=1S/C4H8ClN2/c1-7-3-2-6-4(7)5/h2,4,6H,3H2,1H3. The first-order chi connectivity index (χ1) is 3.30. The first-order valence-electron chi connectivity index (χ1n) is 2.23. The van der Waals surface area contributed by atoms with E-state index in [0.29, 0.717) is 0 Å². The SMILES string of the molecule is CN1C[CH]NC1Cl. The van der Waals surface area contributed by atoms with Crippen LogP contribution < -0.4 is 5.32 Å². The van der Waals surface area contributed by atoms with E-state index in [-0.39, 0.29) is 5.62 Å². The molecule has 1 aliphatic heterocycles. The predicted molar refractivity (Wildman–Crippen MR) is 29.7 cm³/mol. The number of rotatable bonds is 0.